The SMILES string of the molecule is COc1cc(C)cc(OC)c1[C@@H](O)CN. The minimum Gasteiger partial charge on any atom is -0.496 e. The van der Waals surface area contributed by atoms with Gasteiger partial charge in [0.2, 0.25) is 0 Å². The van der Waals surface area contributed by atoms with Crippen molar-refractivity contribution in [2.45, 2.75) is 13.0 Å². The lowest BCUT2D eigenvalue weighted by molar-refractivity contribution is 0.177. The van der Waals surface area contributed by atoms with Gasteiger partial charge >= 0.3 is 0 Å². The summed E-state index contributed by atoms with van der Waals surface area (Å²) in [6.07, 6.45) is -0.768. The number of hydrogen-bond acceptors (Lipinski definition) is 4. The van der Waals surface area contributed by atoms with E-state index in [1.165, 1.54) is 0 Å². The van der Waals surface area contributed by atoms with Crippen LogP contribution >= 0.6 is 0 Å². The van der Waals surface area contributed by atoms with Gasteiger partial charge in [-0.15, -0.1) is 0 Å². The highest BCUT2D eigenvalue weighted by Crippen LogP contribution is 2.34. The first-order valence-electron chi connectivity index (χ1n) is 4.74. The number of nitrogens with two attached hydrogens (primary N) is 1. The topological polar surface area (TPSA) is 64.7 Å². The van der Waals surface area contributed by atoms with Gasteiger partial charge < -0.3 is 20.3 Å². The minimum atomic E-state index is -0.768. The number of aliphatic hydroxyl groups excluding tert-OH is 1. The Morgan fingerprint density at radius 2 is 1.73 bits per heavy atom. The lowest BCUT2D eigenvalue weighted by Crippen LogP contribution is -2.14. The fourth-order valence-electron chi connectivity index (χ4n) is 1.52. The third-order valence-corrected chi connectivity index (χ3v) is 2.24. The number of methoxy groups -OCH3 is 2. The van der Waals surface area contributed by atoms with Gasteiger partial charge in [0.05, 0.1) is 25.9 Å². The van der Waals surface area contributed by atoms with E-state index < -0.39 is 6.10 Å². The highest BCUT2D eigenvalue weighted by molar-refractivity contribution is 5.49. The van der Waals surface area contributed by atoms with Crippen LogP contribution in [0.5, 0.6) is 11.5 Å². The second-order valence-electron chi connectivity index (χ2n) is 3.33. The van der Waals surface area contributed by atoms with Crippen LogP contribution in [-0.4, -0.2) is 25.9 Å². The van der Waals surface area contributed by atoms with Crippen LogP contribution in [0.15, 0.2) is 12.1 Å². The molecule has 1 aromatic rings. The van der Waals surface area contributed by atoms with Crippen molar-refractivity contribution < 1.29 is 14.6 Å². The average molecular weight is 211 g/mol. The van der Waals surface area contributed by atoms with Crippen molar-refractivity contribution in [2.24, 2.45) is 5.73 Å². The minimum absolute atomic E-state index is 0.135. The molecule has 4 nitrogen and oxygen atoms in total. The predicted octanol–water partition coefficient (Wildman–Crippen LogP) is 1.00. The number of aryl methyl sites for hydroxylation is 1. The van der Waals surface area contributed by atoms with Gasteiger partial charge in [0, 0.05) is 6.54 Å². The van der Waals surface area contributed by atoms with Crippen molar-refractivity contribution in [2.75, 3.05) is 20.8 Å². The molecule has 0 aliphatic heterocycles. The standard InChI is InChI=1S/C11H17NO3/c1-7-4-9(14-2)11(8(13)6-12)10(5-7)15-3/h4-5,8,13H,6,12H2,1-3H3/t8-/m0/s1. The lowest BCUT2D eigenvalue weighted by Gasteiger charge is -2.17. The van der Waals surface area contributed by atoms with Crippen LogP contribution in [0.25, 0.3) is 0 Å². The highest BCUT2D eigenvalue weighted by Gasteiger charge is 2.18. The molecule has 84 valence electrons. The molecule has 0 spiro atoms. The van der Waals surface area contributed by atoms with E-state index in [0.29, 0.717) is 17.1 Å². The van der Waals surface area contributed by atoms with E-state index in [-0.39, 0.29) is 6.54 Å². The second-order valence-corrected chi connectivity index (χ2v) is 3.33. The number of rotatable bonds is 4. The van der Waals surface area contributed by atoms with E-state index in [4.69, 9.17) is 15.2 Å². The van der Waals surface area contributed by atoms with Crippen molar-refractivity contribution in [1.29, 1.82) is 0 Å². The Bertz CT molecular complexity index is 314. The van der Waals surface area contributed by atoms with Gasteiger partial charge in [-0.1, -0.05) is 0 Å². The summed E-state index contributed by atoms with van der Waals surface area (Å²) in [5.74, 6) is 1.20. The molecular weight excluding hydrogens is 194 g/mol. The molecule has 4 heteroatoms. The van der Waals surface area contributed by atoms with Gasteiger partial charge in [-0.2, -0.15) is 0 Å². The second kappa shape index (κ2) is 5.00. The molecule has 0 aliphatic rings. The van der Waals surface area contributed by atoms with Crippen LogP contribution < -0.4 is 15.2 Å². The molecule has 0 aliphatic carbocycles. The van der Waals surface area contributed by atoms with Crippen LogP contribution in [0, 0.1) is 6.92 Å². The molecule has 3 N–H and O–H groups in total. The summed E-state index contributed by atoms with van der Waals surface area (Å²) in [5.41, 5.74) is 7.04. The highest BCUT2D eigenvalue weighted by atomic mass is 16.5. The molecule has 0 heterocycles. The molecule has 0 amide bonds. The molecule has 0 saturated heterocycles. The van der Waals surface area contributed by atoms with E-state index in [2.05, 4.69) is 0 Å². The first-order valence-corrected chi connectivity index (χ1v) is 4.74. The summed E-state index contributed by atoms with van der Waals surface area (Å²) in [5, 5.41) is 9.76. The van der Waals surface area contributed by atoms with Gasteiger partial charge in [-0.05, 0) is 24.6 Å². The summed E-state index contributed by atoms with van der Waals surface area (Å²) < 4.78 is 10.4. The molecule has 1 aromatic carbocycles. The molecular formula is C11H17NO3. The van der Waals surface area contributed by atoms with Crippen LogP contribution in [0.4, 0.5) is 0 Å². The zero-order valence-electron chi connectivity index (χ0n) is 9.28. The monoisotopic (exact) mass is 211 g/mol. The molecule has 0 radical (unpaired) electrons. The van der Waals surface area contributed by atoms with Gasteiger partial charge in [0.15, 0.2) is 0 Å². The molecule has 0 saturated carbocycles. The Morgan fingerprint density at radius 3 is 2.07 bits per heavy atom. The number of hydrogen-bond donors (Lipinski definition) is 2. The molecule has 0 bridgehead atoms. The molecule has 15 heavy (non-hydrogen) atoms. The third-order valence-electron chi connectivity index (χ3n) is 2.24. The molecule has 0 fully saturated rings. The summed E-state index contributed by atoms with van der Waals surface area (Å²) in [6.45, 7) is 2.07. The number of benzene rings is 1. The van der Waals surface area contributed by atoms with Crippen molar-refractivity contribution >= 4 is 0 Å². The van der Waals surface area contributed by atoms with E-state index in [9.17, 15) is 5.11 Å². The maximum absolute atomic E-state index is 9.76. The van der Waals surface area contributed by atoms with E-state index in [1.54, 1.807) is 14.2 Å². The van der Waals surface area contributed by atoms with Gasteiger partial charge in [0.1, 0.15) is 11.5 Å². The van der Waals surface area contributed by atoms with Crippen molar-refractivity contribution in [3.63, 3.8) is 0 Å². The number of aliphatic hydroxyl groups is 1. The van der Waals surface area contributed by atoms with Gasteiger partial charge in [0.25, 0.3) is 0 Å². The Kier molecular flexibility index (Phi) is 3.94. The normalized spacial score (nSPS) is 12.3. The fourth-order valence-corrected chi connectivity index (χ4v) is 1.52. The van der Waals surface area contributed by atoms with Crippen LogP contribution in [0.1, 0.15) is 17.2 Å². The average Bonchev–Trinajstić information content (AvgIpc) is 2.26. The largest absolute Gasteiger partial charge is 0.496 e. The van der Waals surface area contributed by atoms with Crippen LogP contribution in [-0.2, 0) is 0 Å². The van der Waals surface area contributed by atoms with E-state index in [1.807, 2.05) is 19.1 Å². The van der Waals surface area contributed by atoms with Crippen molar-refractivity contribution in [3.05, 3.63) is 23.3 Å². The van der Waals surface area contributed by atoms with E-state index >= 15 is 0 Å². The maximum Gasteiger partial charge on any atom is 0.128 e. The Labute approximate surface area is 89.6 Å². The van der Waals surface area contributed by atoms with E-state index in [0.717, 1.165) is 5.56 Å². The Balaban J connectivity index is 3.30. The fraction of sp³-hybridized carbons (Fsp3) is 0.455. The first kappa shape index (κ1) is 11.8. The van der Waals surface area contributed by atoms with Crippen molar-refractivity contribution in [1.82, 2.24) is 0 Å². The smallest absolute Gasteiger partial charge is 0.128 e. The molecule has 1 atom stereocenters. The molecule has 0 unspecified atom stereocenters. The lowest BCUT2D eigenvalue weighted by atomic mass is 10.0. The zero-order chi connectivity index (χ0) is 11.4. The predicted molar refractivity (Wildman–Crippen MR) is 58.3 cm³/mol. The Hall–Kier alpha value is -1.26. The maximum atomic E-state index is 9.76. The first-order chi connectivity index (χ1) is 7.13. The quantitative estimate of drug-likeness (QED) is 0.780. The van der Waals surface area contributed by atoms with Crippen LogP contribution in [0.3, 0.4) is 0 Å². The third kappa shape index (κ3) is 2.40. The number of ether oxygens (including phenoxy) is 2. The molecule has 0 aromatic heterocycles. The zero-order valence-corrected chi connectivity index (χ0v) is 9.28. The molecule has 1 rings (SSSR count). The van der Waals surface area contributed by atoms with Gasteiger partial charge in [-0.25, -0.2) is 0 Å². The summed E-state index contributed by atoms with van der Waals surface area (Å²) >= 11 is 0. The summed E-state index contributed by atoms with van der Waals surface area (Å²) in [7, 11) is 3.11. The van der Waals surface area contributed by atoms with Gasteiger partial charge in [-0.3, -0.25) is 0 Å². The summed E-state index contributed by atoms with van der Waals surface area (Å²) in [6, 6.07) is 3.69. The van der Waals surface area contributed by atoms with Crippen molar-refractivity contribution in [3.8, 4) is 11.5 Å². The Morgan fingerprint density at radius 1 is 1.27 bits per heavy atom. The summed E-state index contributed by atoms with van der Waals surface area (Å²) in [4.78, 5) is 0. The van der Waals surface area contributed by atoms with Crippen LogP contribution in [0.2, 0.25) is 0 Å².